The second-order valence-corrected chi connectivity index (χ2v) is 6.43. The van der Waals surface area contributed by atoms with Crippen LogP contribution < -0.4 is 11.1 Å². The number of halogens is 2. The molecule has 6 heteroatoms. The molecule has 1 aliphatic carbocycles. The van der Waals surface area contributed by atoms with Gasteiger partial charge in [0.15, 0.2) is 5.96 Å². The Morgan fingerprint density at radius 1 is 1.25 bits per heavy atom. The molecule has 128 valence electrons. The van der Waals surface area contributed by atoms with Crippen LogP contribution in [0.5, 0.6) is 0 Å². The molecule has 1 saturated carbocycles. The smallest absolute Gasteiger partial charge is 0.188 e. The van der Waals surface area contributed by atoms with Crippen LogP contribution in [0.3, 0.4) is 0 Å². The Hall–Kier alpha value is -1.34. The lowest BCUT2D eigenvalue weighted by Gasteiger charge is -2.14. The number of aromatic nitrogens is 1. The second-order valence-electron chi connectivity index (χ2n) is 5.99. The van der Waals surface area contributed by atoms with E-state index < -0.39 is 0 Å². The normalized spacial score (nSPS) is 15.5. The fourth-order valence-electron chi connectivity index (χ4n) is 2.66. The zero-order valence-corrected chi connectivity index (χ0v) is 16.5. The van der Waals surface area contributed by atoms with Gasteiger partial charge in [0.05, 0.1) is 6.54 Å². The molecule has 0 unspecified atom stereocenters. The summed E-state index contributed by atoms with van der Waals surface area (Å²) in [6.07, 6.45) is 4.90. The molecule has 0 aliphatic heterocycles. The van der Waals surface area contributed by atoms with Crippen LogP contribution in [0.1, 0.15) is 24.1 Å². The lowest BCUT2D eigenvalue weighted by molar-refractivity contribution is 0.699. The molecule has 1 fully saturated rings. The Morgan fingerprint density at radius 3 is 2.75 bits per heavy atom. The molecule has 0 saturated heterocycles. The third kappa shape index (κ3) is 5.08. The molecule has 1 aromatic heterocycles. The first-order valence-corrected chi connectivity index (χ1v) is 8.26. The highest BCUT2D eigenvalue weighted by Gasteiger charge is 2.44. The SMILES string of the molecule is I.NC(=NCC1(c2cccc(Cl)c2)CC1)NCCc1ccccn1. The summed E-state index contributed by atoms with van der Waals surface area (Å²) in [5.74, 6) is 0.495. The number of benzene rings is 1. The molecule has 1 aliphatic rings. The summed E-state index contributed by atoms with van der Waals surface area (Å²) in [6, 6.07) is 14.0. The summed E-state index contributed by atoms with van der Waals surface area (Å²) in [5.41, 5.74) is 8.40. The maximum absolute atomic E-state index is 6.09. The van der Waals surface area contributed by atoms with Crippen molar-refractivity contribution in [1.29, 1.82) is 0 Å². The van der Waals surface area contributed by atoms with Crippen LogP contribution in [0.25, 0.3) is 0 Å². The highest BCUT2D eigenvalue weighted by Crippen LogP contribution is 2.48. The van der Waals surface area contributed by atoms with E-state index in [0.29, 0.717) is 12.5 Å². The number of hydrogen-bond donors (Lipinski definition) is 2. The zero-order valence-electron chi connectivity index (χ0n) is 13.4. The number of nitrogens with zero attached hydrogens (tertiary/aromatic N) is 2. The topological polar surface area (TPSA) is 63.3 Å². The van der Waals surface area contributed by atoms with Gasteiger partial charge in [-0.15, -0.1) is 24.0 Å². The molecule has 2 aromatic rings. The Morgan fingerprint density at radius 2 is 2.08 bits per heavy atom. The summed E-state index contributed by atoms with van der Waals surface area (Å²) < 4.78 is 0. The van der Waals surface area contributed by atoms with Crippen molar-refractivity contribution >= 4 is 41.5 Å². The number of pyridine rings is 1. The average Bonchev–Trinajstić information content (AvgIpc) is 3.35. The average molecular weight is 457 g/mol. The lowest BCUT2D eigenvalue weighted by atomic mass is 9.96. The van der Waals surface area contributed by atoms with Crippen molar-refractivity contribution in [1.82, 2.24) is 10.3 Å². The van der Waals surface area contributed by atoms with Crippen molar-refractivity contribution in [3.63, 3.8) is 0 Å². The van der Waals surface area contributed by atoms with E-state index in [4.69, 9.17) is 17.3 Å². The Balaban J connectivity index is 0.00000208. The largest absolute Gasteiger partial charge is 0.370 e. The van der Waals surface area contributed by atoms with Crippen molar-refractivity contribution in [3.8, 4) is 0 Å². The van der Waals surface area contributed by atoms with Crippen LogP contribution in [0.15, 0.2) is 53.7 Å². The van der Waals surface area contributed by atoms with Gasteiger partial charge in [-0.25, -0.2) is 0 Å². The number of nitrogens with one attached hydrogen (secondary N) is 1. The van der Waals surface area contributed by atoms with Gasteiger partial charge in [0.1, 0.15) is 0 Å². The fourth-order valence-corrected chi connectivity index (χ4v) is 2.85. The maximum Gasteiger partial charge on any atom is 0.188 e. The molecule has 24 heavy (non-hydrogen) atoms. The summed E-state index contributed by atoms with van der Waals surface area (Å²) in [4.78, 5) is 8.80. The van der Waals surface area contributed by atoms with E-state index in [0.717, 1.165) is 36.5 Å². The van der Waals surface area contributed by atoms with Crippen LogP contribution in [0, 0.1) is 0 Å². The predicted molar refractivity (Wildman–Crippen MR) is 110 cm³/mol. The molecule has 0 amide bonds. The first-order chi connectivity index (χ1) is 11.2. The van der Waals surface area contributed by atoms with Crippen molar-refractivity contribution in [2.24, 2.45) is 10.7 Å². The van der Waals surface area contributed by atoms with Gasteiger partial charge in [-0.1, -0.05) is 29.8 Å². The van der Waals surface area contributed by atoms with Crippen molar-refractivity contribution in [3.05, 3.63) is 64.9 Å². The number of aliphatic imine (C=N–C) groups is 1. The first-order valence-electron chi connectivity index (χ1n) is 7.88. The summed E-state index contributed by atoms with van der Waals surface area (Å²) >= 11 is 6.09. The molecule has 0 bridgehead atoms. The van der Waals surface area contributed by atoms with Gasteiger partial charge in [-0.3, -0.25) is 9.98 Å². The standard InChI is InChI=1S/C18H21ClN4.HI/c19-15-5-3-4-14(12-15)18(8-9-18)13-23-17(20)22-11-7-16-6-1-2-10-21-16;/h1-6,10,12H,7-9,11,13H2,(H3,20,22,23);1H. The van der Waals surface area contributed by atoms with Gasteiger partial charge in [-0.2, -0.15) is 0 Å². The van der Waals surface area contributed by atoms with E-state index in [-0.39, 0.29) is 29.4 Å². The van der Waals surface area contributed by atoms with Crippen LogP contribution in [0.2, 0.25) is 5.02 Å². The molecule has 3 N–H and O–H groups in total. The van der Waals surface area contributed by atoms with Crippen LogP contribution in [-0.4, -0.2) is 24.0 Å². The summed E-state index contributed by atoms with van der Waals surface area (Å²) in [5, 5.41) is 3.93. The van der Waals surface area contributed by atoms with E-state index in [1.54, 1.807) is 6.20 Å². The van der Waals surface area contributed by atoms with Gasteiger partial charge in [0.2, 0.25) is 0 Å². The van der Waals surface area contributed by atoms with Crippen molar-refractivity contribution in [2.75, 3.05) is 13.1 Å². The van der Waals surface area contributed by atoms with E-state index in [2.05, 4.69) is 21.4 Å². The van der Waals surface area contributed by atoms with Gasteiger partial charge in [0.25, 0.3) is 0 Å². The summed E-state index contributed by atoms with van der Waals surface area (Å²) in [6.45, 7) is 1.44. The highest BCUT2D eigenvalue weighted by molar-refractivity contribution is 14.0. The van der Waals surface area contributed by atoms with Crippen LogP contribution in [0.4, 0.5) is 0 Å². The number of nitrogens with two attached hydrogens (primary N) is 1. The molecule has 0 spiro atoms. The number of rotatable bonds is 6. The quantitative estimate of drug-likeness (QED) is 0.397. The lowest BCUT2D eigenvalue weighted by Crippen LogP contribution is -2.34. The molecule has 0 atom stereocenters. The monoisotopic (exact) mass is 456 g/mol. The molecule has 4 nitrogen and oxygen atoms in total. The van der Waals surface area contributed by atoms with E-state index in [1.165, 1.54) is 5.56 Å². The Labute approximate surface area is 164 Å². The number of hydrogen-bond acceptors (Lipinski definition) is 2. The van der Waals surface area contributed by atoms with Crippen molar-refractivity contribution < 1.29 is 0 Å². The van der Waals surface area contributed by atoms with Gasteiger partial charge in [-0.05, 0) is 42.7 Å². The van der Waals surface area contributed by atoms with Crippen LogP contribution in [-0.2, 0) is 11.8 Å². The maximum atomic E-state index is 6.09. The van der Waals surface area contributed by atoms with Crippen molar-refractivity contribution in [2.45, 2.75) is 24.7 Å². The van der Waals surface area contributed by atoms with Gasteiger partial charge >= 0.3 is 0 Å². The molecule has 1 heterocycles. The fraction of sp³-hybridized carbons (Fsp3) is 0.333. The first kappa shape index (κ1) is 19.0. The number of guanidine groups is 1. The van der Waals surface area contributed by atoms with E-state index in [1.807, 2.05) is 36.4 Å². The minimum absolute atomic E-state index is 0. The predicted octanol–water partition coefficient (Wildman–Crippen LogP) is 3.53. The van der Waals surface area contributed by atoms with Gasteiger partial charge in [0, 0.05) is 35.3 Å². The minimum Gasteiger partial charge on any atom is -0.370 e. The summed E-state index contributed by atoms with van der Waals surface area (Å²) in [7, 11) is 0. The zero-order chi connectivity index (χ0) is 16.1. The van der Waals surface area contributed by atoms with E-state index in [9.17, 15) is 0 Å². The van der Waals surface area contributed by atoms with Crippen LogP contribution >= 0.6 is 35.6 Å². The molecular formula is C18H22ClIN4. The third-order valence-electron chi connectivity index (χ3n) is 4.26. The Bertz CT molecular complexity index is 686. The molecule has 1 aromatic carbocycles. The van der Waals surface area contributed by atoms with Gasteiger partial charge < -0.3 is 11.1 Å². The third-order valence-corrected chi connectivity index (χ3v) is 4.49. The molecule has 3 rings (SSSR count). The highest BCUT2D eigenvalue weighted by atomic mass is 127. The Kier molecular flexibility index (Phi) is 6.86. The second kappa shape index (κ2) is 8.67. The molecule has 0 radical (unpaired) electrons. The minimum atomic E-state index is 0. The molecular weight excluding hydrogens is 435 g/mol. The van der Waals surface area contributed by atoms with E-state index >= 15 is 0 Å².